The number of rotatable bonds is 6. The van der Waals surface area contributed by atoms with Crippen molar-refractivity contribution in [3.05, 3.63) is 95.1 Å². The largest absolute Gasteiger partial charge is 0.416 e. The van der Waals surface area contributed by atoms with E-state index in [0.29, 0.717) is 23.3 Å². The lowest BCUT2D eigenvalue weighted by molar-refractivity contribution is -0.137. The first-order valence-electron chi connectivity index (χ1n) is 11.5. The van der Waals surface area contributed by atoms with Crippen LogP contribution in [0.15, 0.2) is 72.8 Å². The van der Waals surface area contributed by atoms with Crippen LogP contribution in [0.25, 0.3) is 11.1 Å². The number of nitrogens with two attached hydrogens (primary N) is 1. The summed E-state index contributed by atoms with van der Waals surface area (Å²) < 4.78 is 47.2. The molecule has 1 aliphatic rings. The first kappa shape index (κ1) is 24.9. The average Bonchev–Trinajstić information content (AvgIpc) is 2.88. The number of nitriles is 1. The molecule has 0 amide bonds. The van der Waals surface area contributed by atoms with E-state index in [1.54, 1.807) is 30.3 Å². The van der Waals surface area contributed by atoms with Crippen molar-refractivity contribution in [1.29, 1.82) is 5.26 Å². The lowest BCUT2D eigenvalue weighted by Gasteiger charge is -2.41. The molecule has 35 heavy (non-hydrogen) atoms. The summed E-state index contributed by atoms with van der Waals surface area (Å²) in [6, 6.07) is 22.3. The Bertz CT molecular complexity index is 1180. The van der Waals surface area contributed by atoms with Gasteiger partial charge in [0.15, 0.2) is 0 Å². The minimum absolute atomic E-state index is 0.247. The number of ether oxygens (including phenoxy) is 1. The maximum atomic E-state index is 13.7. The first-order valence-corrected chi connectivity index (χ1v) is 11.5. The summed E-state index contributed by atoms with van der Waals surface area (Å²) in [6.45, 7) is 2.12. The van der Waals surface area contributed by atoms with Gasteiger partial charge in [0.2, 0.25) is 0 Å². The van der Waals surface area contributed by atoms with Gasteiger partial charge in [0, 0.05) is 5.41 Å². The fraction of sp³-hybridized carbons (Fsp3) is 0.321. The second-order valence-corrected chi connectivity index (χ2v) is 9.21. The highest BCUT2D eigenvalue weighted by Crippen LogP contribution is 2.38. The number of piperidine rings is 1. The van der Waals surface area contributed by atoms with Crippen LogP contribution in [0.4, 0.5) is 13.2 Å². The van der Waals surface area contributed by atoms with Crippen LogP contribution in [0.3, 0.4) is 0 Å². The summed E-state index contributed by atoms with van der Waals surface area (Å²) in [6.07, 6.45) is -3.80. The van der Waals surface area contributed by atoms with E-state index >= 15 is 0 Å². The molecule has 4 rings (SSSR count). The lowest BCUT2D eigenvalue weighted by Crippen LogP contribution is -2.44. The van der Waals surface area contributed by atoms with Crippen LogP contribution in [-0.4, -0.2) is 31.6 Å². The highest BCUT2D eigenvalue weighted by Gasteiger charge is 2.37. The zero-order valence-corrected chi connectivity index (χ0v) is 19.6. The van der Waals surface area contributed by atoms with Crippen molar-refractivity contribution >= 4 is 0 Å². The second kappa shape index (κ2) is 10.2. The van der Waals surface area contributed by atoms with Crippen LogP contribution in [-0.2, 0) is 16.3 Å². The highest BCUT2D eigenvalue weighted by molar-refractivity contribution is 5.66. The fourth-order valence-electron chi connectivity index (χ4n) is 4.58. The van der Waals surface area contributed by atoms with Crippen molar-refractivity contribution in [2.45, 2.75) is 30.7 Å². The molecule has 0 spiro atoms. The minimum atomic E-state index is -4.53. The zero-order valence-electron chi connectivity index (χ0n) is 19.6. The van der Waals surface area contributed by atoms with Crippen molar-refractivity contribution in [2.24, 2.45) is 5.73 Å². The molecule has 1 heterocycles. The number of halogens is 3. The molecule has 2 N–H and O–H groups in total. The molecule has 1 aliphatic heterocycles. The first-order chi connectivity index (χ1) is 16.7. The van der Waals surface area contributed by atoms with Crippen LogP contribution in [0, 0.1) is 11.3 Å². The molecule has 0 bridgehead atoms. The van der Waals surface area contributed by atoms with Gasteiger partial charge < -0.3 is 15.4 Å². The molecule has 0 aromatic heterocycles. The molecule has 0 aliphatic carbocycles. The Morgan fingerprint density at radius 3 is 2.26 bits per heavy atom. The molecule has 182 valence electrons. The van der Waals surface area contributed by atoms with Crippen molar-refractivity contribution in [1.82, 2.24) is 4.90 Å². The predicted octanol–water partition coefficient (Wildman–Crippen LogP) is 5.88. The number of benzene rings is 3. The summed E-state index contributed by atoms with van der Waals surface area (Å²) in [7, 11) is 2.08. The summed E-state index contributed by atoms with van der Waals surface area (Å²) >= 11 is 0. The van der Waals surface area contributed by atoms with Gasteiger partial charge in [0.25, 0.3) is 0 Å². The summed E-state index contributed by atoms with van der Waals surface area (Å²) in [4.78, 5) is 2.26. The van der Waals surface area contributed by atoms with Crippen molar-refractivity contribution in [3.63, 3.8) is 0 Å². The molecule has 1 fully saturated rings. The van der Waals surface area contributed by atoms with E-state index in [4.69, 9.17) is 15.7 Å². The smallest absolute Gasteiger partial charge is 0.358 e. The fourth-order valence-corrected chi connectivity index (χ4v) is 4.58. The topological polar surface area (TPSA) is 62.3 Å². The van der Waals surface area contributed by atoms with Gasteiger partial charge in [-0.1, -0.05) is 42.5 Å². The number of likely N-dealkylation sites (tertiary alicyclic amines) is 1. The van der Waals surface area contributed by atoms with Gasteiger partial charge in [0.1, 0.15) is 6.23 Å². The number of hydrogen-bond acceptors (Lipinski definition) is 4. The molecule has 3 aromatic rings. The van der Waals surface area contributed by atoms with Crippen LogP contribution >= 0.6 is 0 Å². The van der Waals surface area contributed by atoms with Gasteiger partial charge in [-0.2, -0.15) is 18.4 Å². The summed E-state index contributed by atoms with van der Waals surface area (Å²) in [5.41, 5.74) is 8.09. The third-order valence-electron chi connectivity index (χ3n) is 6.83. The van der Waals surface area contributed by atoms with Crippen LogP contribution in [0.2, 0.25) is 0 Å². The highest BCUT2D eigenvalue weighted by atomic mass is 19.4. The van der Waals surface area contributed by atoms with E-state index in [9.17, 15) is 13.2 Å². The third-order valence-corrected chi connectivity index (χ3v) is 6.83. The van der Waals surface area contributed by atoms with Gasteiger partial charge in [-0.3, -0.25) is 0 Å². The number of alkyl halides is 3. The molecular weight excluding hydrogens is 451 g/mol. The van der Waals surface area contributed by atoms with E-state index in [2.05, 4.69) is 24.1 Å². The third kappa shape index (κ3) is 5.73. The molecule has 7 heteroatoms. The van der Waals surface area contributed by atoms with Gasteiger partial charge in [-0.05, 0) is 85.6 Å². The van der Waals surface area contributed by atoms with Gasteiger partial charge in [0.05, 0.1) is 23.8 Å². The van der Waals surface area contributed by atoms with E-state index in [-0.39, 0.29) is 11.0 Å². The Morgan fingerprint density at radius 1 is 1.00 bits per heavy atom. The van der Waals surface area contributed by atoms with Crippen LogP contribution in [0.5, 0.6) is 0 Å². The molecule has 3 aromatic carbocycles. The molecule has 0 unspecified atom stereocenters. The quantitative estimate of drug-likeness (QED) is 0.449. The lowest BCUT2D eigenvalue weighted by atomic mass is 9.73. The molecule has 0 radical (unpaired) electrons. The Morgan fingerprint density at radius 2 is 1.66 bits per heavy atom. The van der Waals surface area contributed by atoms with Crippen molar-refractivity contribution in [2.75, 3.05) is 26.7 Å². The van der Waals surface area contributed by atoms with Gasteiger partial charge in [-0.25, -0.2) is 0 Å². The Hall–Kier alpha value is -3.18. The van der Waals surface area contributed by atoms with Crippen LogP contribution in [0.1, 0.15) is 41.3 Å². The predicted molar refractivity (Wildman–Crippen MR) is 129 cm³/mol. The maximum absolute atomic E-state index is 13.7. The van der Waals surface area contributed by atoms with Gasteiger partial charge in [-0.15, -0.1) is 0 Å². The van der Waals surface area contributed by atoms with E-state index < -0.39 is 18.0 Å². The van der Waals surface area contributed by atoms with Crippen LogP contribution < -0.4 is 5.73 Å². The minimum Gasteiger partial charge on any atom is -0.358 e. The monoisotopic (exact) mass is 479 g/mol. The van der Waals surface area contributed by atoms with Gasteiger partial charge >= 0.3 is 6.18 Å². The summed E-state index contributed by atoms with van der Waals surface area (Å²) in [5, 5.41) is 9.02. The standard InChI is InChI=1S/C28H28F3N3O/c1-34-13-11-27(12-14-34,24-5-3-2-4-6-24)19-35-26(33)23-15-22(16-25(17-23)28(29,30)31)21-9-7-20(18-32)8-10-21/h2-10,15-17,26H,11-14,19,33H2,1H3/t26-/m0/s1. The Balaban J connectivity index is 1.62. The normalized spacial score (nSPS) is 17.0. The summed E-state index contributed by atoms with van der Waals surface area (Å²) in [5.74, 6) is 0. The SMILES string of the molecule is CN1CCC(CO[C@H](N)c2cc(-c3ccc(C#N)cc3)cc(C(F)(F)F)c2)(c2ccccc2)CC1. The number of hydrogen-bond donors (Lipinski definition) is 1. The molecule has 4 nitrogen and oxygen atoms in total. The Kier molecular flexibility index (Phi) is 7.27. The maximum Gasteiger partial charge on any atom is 0.416 e. The molecule has 1 atom stereocenters. The average molecular weight is 480 g/mol. The molecular formula is C28H28F3N3O. The number of nitrogens with zero attached hydrogens (tertiary/aromatic N) is 2. The Labute approximate surface area is 203 Å². The zero-order chi connectivity index (χ0) is 25.1. The van der Waals surface area contributed by atoms with E-state index in [1.807, 2.05) is 24.3 Å². The van der Waals surface area contributed by atoms with E-state index in [0.717, 1.165) is 43.6 Å². The van der Waals surface area contributed by atoms with Crippen molar-refractivity contribution < 1.29 is 17.9 Å². The van der Waals surface area contributed by atoms with Crippen molar-refractivity contribution in [3.8, 4) is 17.2 Å². The molecule has 0 saturated carbocycles. The molecule has 1 saturated heterocycles. The second-order valence-electron chi connectivity index (χ2n) is 9.21. The van der Waals surface area contributed by atoms with E-state index in [1.165, 1.54) is 0 Å².